The lowest BCUT2D eigenvalue weighted by Crippen LogP contribution is -2.38. The van der Waals surface area contributed by atoms with Gasteiger partial charge in [0.05, 0.1) is 0 Å². The average molecular weight is 262 g/mol. The van der Waals surface area contributed by atoms with Crippen LogP contribution < -0.4 is 19.7 Å². The fraction of sp³-hybridized carbons (Fsp3) is 0.600. The number of anilines is 1. The number of ether oxygens (including phenoxy) is 2. The van der Waals surface area contributed by atoms with Gasteiger partial charge in [0.15, 0.2) is 11.5 Å². The molecule has 2 unspecified atom stereocenters. The monoisotopic (exact) mass is 262 g/mol. The minimum Gasteiger partial charge on any atom is -0.486 e. The number of benzene rings is 1. The summed E-state index contributed by atoms with van der Waals surface area (Å²) in [5, 5.41) is 3.51. The zero-order valence-corrected chi connectivity index (χ0v) is 11.7. The highest BCUT2D eigenvalue weighted by atomic mass is 16.6. The minimum absolute atomic E-state index is 0.493. The first kappa shape index (κ1) is 12.6. The zero-order chi connectivity index (χ0) is 13.2. The van der Waals surface area contributed by atoms with Crippen LogP contribution in [0, 0.1) is 5.92 Å². The lowest BCUT2D eigenvalue weighted by Gasteiger charge is -2.31. The van der Waals surface area contributed by atoms with Crippen LogP contribution in [0.3, 0.4) is 0 Å². The summed E-state index contributed by atoms with van der Waals surface area (Å²) in [5.41, 5.74) is 1.23. The molecule has 0 bridgehead atoms. The molecule has 2 heterocycles. The number of hydrogen-bond donors (Lipinski definition) is 1. The fourth-order valence-corrected chi connectivity index (χ4v) is 2.80. The molecule has 2 aliphatic heterocycles. The van der Waals surface area contributed by atoms with Crippen molar-refractivity contribution in [3.05, 3.63) is 18.2 Å². The maximum Gasteiger partial charge on any atom is 0.163 e. The first-order chi connectivity index (χ1) is 9.24. The third kappa shape index (κ3) is 2.63. The van der Waals surface area contributed by atoms with Gasteiger partial charge in [0.1, 0.15) is 13.2 Å². The summed E-state index contributed by atoms with van der Waals surface area (Å²) in [6.07, 6.45) is 0. The van der Waals surface area contributed by atoms with Crippen molar-refractivity contribution in [2.75, 3.05) is 37.7 Å². The number of nitrogens with zero attached hydrogens (tertiary/aromatic N) is 1. The molecule has 1 fully saturated rings. The summed E-state index contributed by atoms with van der Waals surface area (Å²) in [4.78, 5) is 2.46. The van der Waals surface area contributed by atoms with Crippen molar-refractivity contribution in [3.8, 4) is 11.5 Å². The average Bonchev–Trinajstić information content (AvgIpc) is 2.60. The Balaban J connectivity index is 1.87. The summed E-state index contributed by atoms with van der Waals surface area (Å²) in [6.45, 7) is 9.03. The molecule has 1 aromatic rings. The van der Waals surface area contributed by atoms with Crippen molar-refractivity contribution in [2.24, 2.45) is 5.92 Å². The van der Waals surface area contributed by atoms with Crippen LogP contribution in [0.15, 0.2) is 18.2 Å². The van der Waals surface area contributed by atoms with Crippen LogP contribution in [0.1, 0.15) is 13.8 Å². The molecule has 0 saturated carbocycles. The molecular formula is C15H22N2O2. The quantitative estimate of drug-likeness (QED) is 0.838. The zero-order valence-electron chi connectivity index (χ0n) is 11.7. The Morgan fingerprint density at radius 3 is 2.74 bits per heavy atom. The molecule has 4 nitrogen and oxygen atoms in total. The van der Waals surface area contributed by atoms with E-state index in [-0.39, 0.29) is 0 Å². The van der Waals surface area contributed by atoms with Gasteiger partial charge in [0.25, 0.3) is 0 Å². The van der Waals surface area contributed by atoms with Gasteiger partial charge in [-0.05, 0) is 31.5 Å². The molecule has 2 atom stereocenters. The molecule has 19 heavy (non-hydrogen) atoms. The van der Waals surface area contributed by atoms with Gasteiger partial charge in [0, 0.05) is 30.9 Å². The molecule has 0 spiro atoms. The predicted octanol–water partition coefficient (Wildman–Crippen LogP) is 1.89. The van der Waals surface area contributed by atoms with E-state index >= 15 is 0 Å². The molecule has 0 aliphatic carbocycles. The largest absolute Gasteiger partial charge is 0.486 e. The van der Waals surface area contributed by atoms with E-state index in [9.17, 15) is 0 Å². The first-order valence-electron chi connectivity index (χ1n) is 7.11. The SMILES string of the molecule is CC1CNCC(C)N(c2ccc3c(c2)OCCO3)C1. The van der Waals surface area contributed by atoms with Crippen LogP contribution in [-0.2, 0) is 0 Å². The lowest BCUT2D eigenvalue weighted by molar-refractivity contribution is 0.171. The van der Waals surface area contributed by atoms with Gasteiger partial charge < -0.3 is 19.7 Å². The van der Waals surface area contributed by atoms with Gasteiger partial charge >= 0.3 is 0 Å². The van der Waals surface area contributed by atoms with Crippen LogP contribution in [-0.4, -0.2) is 38.9 Å². The summed E-state index contributed by atoms with van der Waals surface area (Å²) >= 11 is 0. The highest BCUT2D eigenvalue weighted by Crippen LogP contribution is 2.34. The van der Waals surface area contributed by atoms with Crippen LogP contribution in [0.5, 0.6) is 11.5 Å². The van der Waals surface area contributed by atoms with E-state index in [0.717, 1.165) is 31.1 Å². The Hall–Kier alpha value is -1.42. The molecule has 1 aromatic carbocycles. The van der Waals surface area contributed by atoms with Crippen molar-refractivity contribution in [2.45, 2.75) is 19.9 Å². The Morgan fingerprint density at radius 1 is 1.11 bits per heavy atom. The van der Waals surface area contributed by atoms with E-state index in [1.807, 2.05) is 6.07 Å². The molecular weight excluding hydrogens is 240 g/mol. The van der Waals surface area contributed by atoms with Crippen molar-refractivity contribution < 1.29 is 9.47 Å². The Bertz CT molecular complexity index is 450. The van der Waals surface area contributed by atoms with Crippen molar-refractivity contribution in [1.29, 1.82) is 0 Å². The first-order valence-corrected chi connectivity index (χ1v) is 7.11. The summed E-state index contributed by atoms with van der Waals surface area (Å²) in [5.74, 6) is 2.39. The van der Waals surface area contributed by atoms with Gasteiger partial charge in [-0.3, -0.25) is 0 Å². The third-order valence-electron chi connectivity index (χ3n) is 3.83. The maximum absolute atomic E-state index is 5.68. The van der Waals surface area contributed by atoms with Gasteiger partial charge in [-0.1, -0.05) is 6.92 Å². The van der Waals surface area contributed by atoms with Crippen molar-refractivity contribution in [3.63, 3.8) is 0 Å². The second-order valence-corrected chi connectivity index (χ2v) is 5.59. The fourth-order valence-electron chi connectivity index (χ4n) is 2.80. The Labute approximate surface area is 114 Å². The predicted molar refractivity (Wildman–Crippen MR) is 76.3 cm³/mol. The van der Waals surface area contributed by atoms with Gasteiger partial charge in [0.2, 0.25) is 0 Å². The second-order valence-electron chi connectivity index (χ2n) is 5.59. The number of fused-ring (bicyclic) bond motifs is 1. The summed E-state index contributed by atoms with van der Waals surface area (Å²) in [7, 11) is 0. The molecule has 3 rings (SSSR count). The maximum atomic E-state index is 5.68. The summed E-state index contributed by atoms with van der Waals surface area (Å²) < 4.78 is 11.3. The van der Waals surface area contributed by atoms with E-state index in [0.29, 0.717) is 25.2 Å². The standard InChI is InChI=1S/C15H22N2O2/c1-11-8-16-9-12(2)17(10-11)13-3-4-14-15(7-13)19-6-5-18-14/h3-4,7,11-12,16H,5-6,8-10H2,1-2H3. The van der Waals surface area contributed by atoms with E-state index in [1.54, 1.807) is 0 Å². The Kier molecular flexibility index (Phi) is 3.51. The lowest BCUT2D eigenvalue weighted by atomic mass is 10.1. The molecule has 104 valence electrons. The van der Waals surface area contributed by atoms with Crippen molar-refractivity contribution >= 4 is 5.69 Å². The minimum atomic E-state index is 0.493. The van der Waals surface area contributed by atoms with E-state index < -0.39 is 0 Å². The third-order valence-corrected chi connectivity index (χ3v) is 3.83. The van der Waals surface area contributed by atoms with Crippen LogP contribution in [0.2, 0.25) is 0 Å². The van der Waals surface area contributed by atoms with E-state index in [1.165, 1.54) is 5.69 Å². The molecule has 0 aromatic heterocycles. The van der Waals surface area contributed by atoms with Crippen LogP contribution in [0.25, 0.3) is 0 Å². The van der Waals surface area contributed by atoms with Crippen LogP contribution >= 0.6 is 0 Å². The molecule has 0 amide bonds. The molecule has 1 N–H and O–H groups in total. The highest BCUT2D eigenvalue weighted by Gasteiger charge is 2.22. The number of hydrogen-bond acceptors (Lipinski definition) is 4. The highest BCUT2D eigenvalue weighted by molar-refractivity contribution is 5.57. The normalized spacial score (nSPS) is 26.9. The number of nitrogens with one attached hydrogen (secondary N) is 1. The van der Waals surface area contributed by atoms with Crippen molar-refractivity contribution in [1.82, 2.24) is 5.32 Å². The molecule has 0 radical (unpaired) electrons. The van der Waals surface area contributed by atoms with Gasteiger partial charge in [-0.2, -0.15) is 0 Å². The molecule has 2 aliphatic rings. The van der Waals surface area contributed by atoms with E-state index in [4.69, 9.17) is 9.47 Å². The van der Waals surface area contributed by atoms with Gasteiger partial charge in [-0.15, -0.1) is 0 Å². The smallest absolute Gasteiger partial charge is 0.163 e. The van der Waals surface area contributed by atoms with E-state index in [2.05, 4.69) is 36.2 Å². The van der Waals surface area contributed by atoms with Gasteiger partial charge in [-0.25, -0.2) is 0 Å². The summed E-state index contributed by atoms with van der Waals surface area (Å²) in [6, 6.07) is 6.78. The molecule has 1 saturated heterocycles. The van der Waals surface area contributed by atoms with Crippen LogP contribution in [0.4, 0.5) is 5.69 Å². The Morgan fingerprint density at radius 2 is 1.89 bits per heavy atom. The molecule has 4 heteroatoms. The second kappa shape index (κ2) is 5.29. The topological polar surface area (TPSA) is 33.7 Å². The number of rotatable bonds is 1.